The van der Waals surface area contributed by atoms with Gasteiger partial charge in [-0.15, -0.1) is 0 Å². The van der Waals surface area contributed by atoms with Crippen LogP contribution in [0.5, 0.6) is 0 Å². The summed E-state index contributed by atoms with van der Waals surface area (Å²) in [7, 11) is 0. The zero-order chi connectivity index (χ0) is 13.3. The van der Waals surface area contributed by atoms with Crippen molar-refractivity contribution in [2.45, 2.75) is 40.2 Å². The first-order chi connectivity index (χ1) is 8.56. The second kappa shape index (κ2) is 4.94. The second-order valence-corrected chi connectivity index (χ2v) is 4.76. The van der Waals surface area contributed by atoms with Crippen molar-refractivity contribution >= 4 is 0 Å². The molecule has 0 aliphatic rings. The highest BCUT2D eigenvalue weighted by molar-refractivity contribution is 5.45. The molecule has 0 fully saturated rings. The molecule has 2 aromatic rings. The Morgan fingerprint density at radius 3 is 2.50 bits per heavy atom. The molecule has 1 unspecified atom stereocenters. The lowest BCUT2D eigenvalue weighted by Crippen LogP contribution is -2.11. The van der Waals surface area contributed by atoms with Gasteiger partial charge in [-0.3, -0.25) is 0 Å². The Morgan fingerprint density at radius 1 is 1.28 bits per heavy atom. The summed E-state index contributed by atoms with van der Waals surface area (Å²) in [6.45, 7) is 8.36. The van der Waals surface area contributed by atoms with Crippen LogP contribution < -0.4 is 5.73 Å². The van der Waals surface area contributed by atoms with E-state index in [1.807, 2.05) is 23.7 Å². The summed E-state index contributed by atoms with van der Waals surface area (Å²) in [5.41, 5.74) is 11.9. The Bertz CT molecular complexity index is 553. The molecule has 0 saturated heterocycles. The van der Waals surface area contributed by atoms with E-state index in [-0.39, 0.29) is 6.04 Å². The number of nitrogens with zero attached hydrogens (tertiary/aromatic N) is 2. The first-order valence-corrected chi connectivity index (χ1v) is 6.46. The van der Waals surface area contributed by atoms with Gasteiger partial charge in [0.25, 0.3) is 0 Å². The number of para-hydroxylation sites is 1. The highest BCUT2D eigenvalue weighted by Gasteiger charge is 2.14. The van der Waals surface area contributed by atoms with E-state index in [2.05, 4.69) is 38.0 Å². The summed E-state index contributed by atoms with van der Waals surface area (Å²) < 4.78 is 2.02. The highest BCUT2D eigenvalue weighted by atomic mass is 15.3. The van der Waals surface area contributed by atoms with Crippen LogP contribution in [0.25, 0.3) is 5.69 Å². The second-order valence-electron chi connectivity index (χ2n) is 4.76. The van der Waals surface area contributed by atoms with E-state index in [9.17, 15) is 0 Å². The minimum Gasteiger partial charge on any atom is -0.324 e. The van der Waals surface area contributed by atoms with Gasteiger partial charge in [-0.25, -0.2) is 4.68 Å². The normalized spacial score (nSPS) is 12.7. The number of hydrogen-bond donors (Lipinski definition) is 1. The molecular weight excluding hydrogens is 222 g/mol. The molecule has 2 N–H and O–H groups in total. The molecule has 1 aromatic carbocycles. The average molecular weight is 243 g/mol. The van der Waals surface area contributed by atoms with Gasteiger partial charge in [-0.2, -0.15) is 5.10 Å². The van der Waals surface area contributed by atoms with E-state index in [0.717, 1.165) is 23.4 Å². The predicted octanol–water partition coefficient (Wildman–Crippen LogP) is 3.07. The summed E-state index contributed by atoms with van der Waals surface area (Å²) >= 11 is 0. The summed E-state index contributed by atoms with van der Waals surface area (Å²) in [4.78, 5) is 0. The Kier molecular flexibility index (Phi) is 3.53. The van der Waals surface area contributed by atoms with Gasteiger partial charge in [0, 0.05) is 11.7 Å². The molecule has 2 rings (SSSR count). The van der Waals surface area contributed by atoms with Crippen LogP contribution in [0.3, 0.4) is 0 Å². The summed E-state index contributed by atoms with van der Waals surface area (Å²) in [5, 5.41) is 4.66. The van der Waals surface area contributed by atoms with E-state index in [1.54, 1.807) is 0 Å². The van der Waals surface area contributed by atoms with Crippen molar-refractivity contribution in [1.82, 2.24) is 9.78 Å². The molecule has 1 atom stereocenters. The lowest BCUT2D eigenvalue weighted by Gasteiger charge is -2.14. The van der Waals surface area contributed by atoms with Crippen LogP contribution in [0.1, 0.15) is 42.4 Å². The van der Waals surface area contributed by atoms with Crippen LogP contribution in [-0.4, -0.2) is 9.78 Å². The fraction of sp³-hybridized carbons (Fsp3) is 0.400. The monoisotopic (exact) mass is 243 g/mol. The molecule has 96 valence electrons. The van der Waals surface area contributed by atoms with Crippen LogP contribution in [0.4, 0.5) is 0 Å². The third kappa shape index (κ3) is 2.06. The van der Waals surface area contributed by atoms with Gasteiger partial charge in [0.05, 0.1) is 11.4 Å². The van der Waals surface area contributed by atoms with E-state index in [4.69, 9.17) is 5.73 Å². The Hall–Kier alpha value is -1.61. The lowest BCUT2D eigenvalue weighted by atomic mass is 10.1. The van der Waals surface area contributed by atoms with E-state index in [1.165, 1.54) is 11.3 Å². The number of rotatable bonds is 3. The van der Waals surface area contributed by atoms with Crippen LogP contribution >= 0.6 is 0 Å². The summed E-state index contributed by atoms with van der Waals surface area (Å²) in [6, 6.07) is 8.22. The zero-order valence-electron chi connectivity index (χ0n) is 11.6. The number of aryl methyl sites for hydroxylation is 1. The van der Waals surface area contributed by atoms with E-state index in [0.29, 0.717) is 0 Å². The van der Waals surface area contributed by atoms with Crippen molar-refractivity contribution in [1.29, 1.82) is 0 Å². The van der Waals surface area contributed by atoms with Gasteiger partial charge >= 0.3 is 0 Å². The number of aromatic nitrogens is 2. The highest BCUT2D eigenvalue weighted by Crippen LogP contribution is 2.23. The Balaban J connectivity index is 2.63. The van der Waals surface area contributed by atoms with Crippen LogP contribution in [0.15, 0.2) is 24.3 Å². The molecule has 0 amide bonds. The molecule has 0 saturated carbocycles. The van der Waals surface area contributed by atoms with Crippen molar-refractivity contribution in [3.63, 3.8) is 0 Å². The maximum atomic E-state index is 6.04. The number of benzene rings is 1. The van der Waals surface area contributed by atoms with Gasteiger partial charge in [0.15, 0.2) is 0 Å². The molecule has 1 heterocycles. The van der Waals surface area contributed by atoms with E-state index < -0.39 is 0 Å². The standard InChI is InChI=1S/C15H21N3/c1-5-13-11(3)17-18(12(13)4)15-9-7-6-8-14(15)10(2)16/h6-10H,5,16H2,1-4H3. The number of hydrogen-bond acceptors (Lipinski definition) is 2. The van der Waals surface area contributed by atoms with Crippen molar-refractivity contribution in [3.05, 3.63) is 46.8 Å². The fourth-order valence-electron chi connectivity index (χ4n) is 2.49. The van der Waals surface area contributed by atoms with Gasteiger partial charge < -0.3 is 5.73 Å². The summed E-state index contributed by atoms with van der Waals surface area (Å²) in [6.07, 6.45) is 1.01. The van der Waals surface area contributed by atoms with Crippen molar-refractivity contribution in [2.24, 2.45) is 5.73 Å². The zero-order valence-corrected chi connectivity index (χ0v) is 11.6. The fourth-order valence-corrected chi connectivity index (χ4v) is 2.49. The first-order valence-electron chi connectivity index (χ1n) is 6.46. The largest absolute Gasteiger partial charge is 0.324 e. The van der Waals surface area contributed by atoms with Crippen LogP contribution in [-0.2, 0) is 6.42 Å². The van der Waals surface area contributed by atoms with Crippen molar-refractivity contribution in [3.8, 4) is 5.69 Å². The van der Waals surface area contributed by atoms with Crippen molar-refractivity contribution in [2.75, 3.05) is 0 Å². The van der Waals surface area contributed by atoms with Gasteiger partial charge in [0.1, 0.15) is 0 Å². The van der Waals surface area contributed by atoms with Crippen molar-refractivity contribution < 1.29 is 0 Å². The number of nitrogens with two attached hydrogens (primary N) is 1. The smallest absolute Gasteiger partial charge is 0.0696 e. The maximum absolute atomic E-state index is 6.04. The Morgan fingerprint density at radius 2 is 1.94 bits per heavy atom. The van der Waals surface area contributed by atoms with Gasteiger partial charge in [0.2, 0.25) is 0 Å². The quantitative estimate of drug-likeness (QED) is 0.900. The molecular formula is C15H21N3. The summed E-state index contributed by atoms with van der Waals surface area (Å²) in [5.74, 6) is 0. The van der Waals surface area contributed by atoms with Crippen LogP contribution in [0, 0.1) is 13.8 Å². The molecule has 0 radical (unpaired) electrons. The molecule has 18 heavy (non-hydrogen) atoms. The SMILES string of the molecule is CCc1c(C)nn(-c2ccccc2C(C)N)c1C. The molecule has 0 aliphatic heterocycles. The van der Waals surface area contributed by atoms with E-state index >= 15 is 0 Å². The molecule has 3 heteroatoms. The lowest BCUT2D eigenvalue weighted by molar-refractivity contribution is 0.766. The molecule has 3 nitrogen and oxygen atoms in total. The predicted molar refractivity (Wildman–Crippen MR) is 75.0 cm³/mol. The van der Waals surface area contributed by atoms with Crippen LogP contribution in [0.2, 0.25) is 0 Å². The third-order valence-electron chi connectivity index (χ3n) is 3.45. The average Bonchev–Trinajstić information content (AvgIpc) is 2.64. The minimum absolute atomic E-state index is 0.00943. The first kappa shape index (κ1) is 12.8. The minimum atomic E-state index is 0.00943. The topological polar surface area (TPSA) is 43.8 Å². The molecule has 0 bridgehead atoms. The molecule has 1 aromatic heterocycles. The van der Waals surface area contributed by atoms with Gasteiger partial charge in [-0.05, 0) is 44.4 Å². The third-order valence-corrected chi connectivity index (χ3v) is 3.45. The maximum Gasteiger partial charge on any atom is 0.0696 e. The Labute approximate surface area is 109 Å². The van der Waals surface area contributed by atoms with Gasteiger partial charge in [-0.1, -0.05) is 25.1 Å². The molecule has 0 spiro atoms. The molecule has 0 aliphatic carbocycles.